The van der Waals surface area contributed by atoms with Gasteiger partial charge in [0.1, 0.15) is 11.8 Å². The van der Waals surface area contributed by atoms with Crippen molar-refractivity contribution in [2.24, 2.45) is 0 Å². The van der Waals surface area contributed by atoms with E-state index in [1.165, 1.54) is 4.57 Å². The van der Waals surface area contributed by atoms with E-state index in [0.29, 0.717) is 25.0 Å². The van der Waals surface area contributed by atoms with Crippen molar-refractivity contribution in [2.75, 3.05) is 6.61 Å². The molecule has 1 amide bonds. The number of carboxylic acid groups (broad SMARTS) is 1. The molecule has 0 fully saturated rings. The molecule has 4 rings (SSSR count). The zero-order chi connectivity index (χ0) is 26.4. The number of unbranched alkanes of at least 4 members (excludes halogenated alkanes) is 1. The van der Waals surface area contributed by atoms with E-state index in [4.69, 9.17) is 4.74 Å². The minimum Gasteiger partial charge on any atom is -0.493 e. The maximum atomic E-state index is 13.7. The van der Waals surface area contributed by atoms with Crippen molar-refractivity contribution in [1.82, 2.24) is 9.88 Å². The average molecular weight is 503 g/mol. The van der Waals surface area contributed by atoms with Crippen molar-refractivity contribution < 1.29 is 19.4 Å². The fraction of sp³-hybridized carbons (Fsp3) is 0.367. The fourth-order valence-corrected chi connectivity index (χ4v) is 4.90. The molecule has 7 nitrogen and oxygen atoms in total. The van der Waals surface area contributed by atoms with Crippen LogP contribution in [-0.4, -0.2) is 28.2 Å². The Bertz CT molecular complexity index is 1320. The molecule has 1 aliphatic rings. The van der Waals surface area contributed by atoms with Gasteiger partial charge in [0.15, 0.2) is 0 Å². The maximum absolute atomic E-state index is 13.7. The highest BCUT2D eigenvalue weighted by Gasteiger charge is 2.27. The molecule has 0 bridgehead atoms. The average Bonchev–Trinajstić information content (AvgIpc) is 3.35. The van der Waals surface area contributed by atoms with Crippen LogP contribution >= 0.6 is 0 Å². The summed E-state index contributed by atoms with van der Waals surface area (Å²) in [6, 6.07) is 15.7. The molecule has 0 saturated heterocycles. The summed E-state index contributed by atoms with van der Waals surface area (Å²) in [7, 11) is 0. The van der Waals surface area contributed by atoms with Crippen molar-refractivity contribution in [2.45, 2.75) is 64.5 Å². The van der Waals surface area contributed by atoms with Crippen LogP contribution in [0.4, 0.5) is 0 Å². The molecule has 2 aromatic carbocycles. The first-order valence-corrected chi connectivity index (χ1v) is 12.9. The lowest BCUT2D eigenvalue weighted by atomic mass is 9.99. The van der Waals surface area contributed by atoms with E-state index in [1.54, 1.807) is 12.3 Å². The largest absolute Gasteiger partial charge is 0.493 e. The molecule has 1 aromatic heterocycles. The number of benzene rings is 2. The van der Waals surface area contributed by atoms with E-state index in [2.05, 4.69) is 5.32 Å². The molecule has 2 heterocycles. The van der Waals surface area contributed by atoms with E-state index in [0.717, 1.165) is 47.3 Å². The SMILES string of the molecule is CCCCC(C(=O)NC(CC(=O)O)c1ccc2c(c1)CCO2)n1cc(C)cc(Cc2ccccc2)c1=O. The summed E-state index contributed by atoms with van der Waals surface area (Å²) >= 11 is 0. The number of nitrogens with zero attached hydrogens (tertiary/aromatic N) is 1. The van der Waals surface area contributed by atoms with Crippen molar-refractivity contribution in [3.63, 3.8) is 0 Å². The van der Waals surface area contributed by atoms with Gasteiger partial charge in [0.05, 0.1) is 19.1 Å². The Balaban J connectivity index is 1.65. The van der Waals surface area contributed by atoms with Gasteiger partial charge in [-0.05, 0) is 53.8 Å². The molecule has 2 N–H and O–H groups in total. The molecule has 194 valence electrons. The molecule has 0 saturated carbocycles. The highest BCUT2D eigenvalue weighted by atomic mass is 16.5. The lowest BCUT2D eigenvalue weighted by molar-refractivity contribution is -0.137. The number of hydrogen-bond donors (Lipinski definition) is 2. The van der Waals surface area contributed by atoms with Gasteiger partial charge in [0.2, 0.25) is 5.91 Å². The summed E-state index contributed by atoms with van der Waals surface area (Å²) in [5.41, 5.74) is 4.06. The van der Waals surface area contributed by atoms with Crippen molar-refractivity contribution in [3.05, 3.63) is 99.0 Å². The molecule has 0 radical (unpaired) electrons. The molecule has 3 aromatic rings. The number of aryl methyl sites for hydroxylation is 1. The van der Waals surface area contributed by atoms with Crippen LogP contribution in [0.1, 0.15) is 72.5 Å². The standard InChI is InChI=1S/C30H34N2O5/c1-3-4-10-26(32-19-20(2)15-24(30(32)36)16-21-8-6-5-7-9-21)29(35)31-25(18-28(33)34)22-11-12-27-23(17-22)13-14-37-27/h5-9,11-12,15,17,19,25-26H,3-4,10,13-14,16,18H2,1-2H3,(H,31,35)(H,33,34). The maximum Gasteiger partial charge on any atom is 0.305 e. The van der Waals surface area contributed by atoms with Gasteiger partial charge in [-0.25, -0.2) is 0 Å². The van der Waals surface area contributed by atoms with Crippen LogP contribution in [0.2, 0.25) is 0 Å². The zero-order valence-corrected chi connectivity index (χ0v) is 21.4. The van der Waals surface area contributed by atoms with Gasteiger partial charge in [-0.1, -0.05) is 56.2 Å². The monoisotopic (exact) mass is 502 g/mol. The minimum absolute atomic E-state index is 0.199. The summed E-state index contributed by atoms with van der Waals surface area (Å²) < 4.78 is 7.11. The Morgan fingerprint density at radius 1 is 1.14 bits per heavy atom. The Hall–Kier alpha value is -3.87. The highest BCUT2D eigenvalue weighted by molar-refractivity contribution is 5.81. The Kier molecular flexibility index (Phi) is 8.43. The summed E-state index contributed by atoms with van der Waals surface area (Å²) in [6.07, 6.45) is 4.80. The normalized spacial score (nSPS) is 13.9. The van der Waals surface area contributed by atoms with E-state index < -0.39 is 18.1 Å². The van der Waals surface area contributed by atoms with Crippen LogP contribution in [0.3, 0.4) is 0 Å². The summed E-state index contributed by atoms with van der Waals surface area (Å²) in [6.45, 7) is 4.54. The van der Waals surface area contributed by atoms with Gasteiger partial charge in [-0.3, -0.25) is 14.4 Å². The number of ether oxygens (including phenoxy) is 1. The molecular weight excluding hydrogens is 468 g/mol. The van der Waals surface area contributed by atoms with Gasteiger partial charge in [0, 0.05) is 24.6 Å². The van der Waals surface area contributed by atoms with Crippen molar-refractivity contribution >= 4 is 11.9 Å². The summed E-state index contributed by atoms with van der Waals surface area (Å²) in [5, 5.41) is 12.5. The number of rotatable bonds is 11. The number of amides is 1. The molecule has 1 aliphatic heterocycles. The summed E-state index contributed by atoms with van der Waals surface area (Å²) in [5.74, 6) is -0.568. The molecule has 0 spiro atoms. The van der Waals surface area contributed by atoms with Gasteiger partial charge in [0.25, 0.3) is 5.56 Å². The number of hydrogen-bond acceptors (Lipinski definition) is 4. The van der Waals surface area contributed by atoms with E-state index >= 15 is 0 Å². The Labute approximate surface area is 217 Å². The molecule has 0 aliphatic carbocycles. The molecule has 37 heavy (non-hydrogen) atoms. The number of nitrogens with one attached hydrogen (secondary N) is 1. The van der Waals surface area contributed by atoms with E-state index in [-0.39, 0.29) is 17.9 Å². The van der Waals surface area contributed by atoms with Crippen LogP contribution < -0.4 is 15.6 Å². The first kappa shape index (κ1) is 26.2. The first-order chi connectivity index (χ1) is 17.9. The second-order valence-corrected chi connectivity index (χ2v) is 9.70. The minimum atomic E-state index is -1.01. The van der Waals surface area contributed by atoms with Gasteiger partial charge in [-0.15, -0.1) is 0 Å². The number of pyridine rings is 1. The van der Waals surface area contributed by atoms with Crippen LogP contribution in [-0.2, 0) is 22.4 Å². The lowest BCUT2D eigenvalue weighted by Gasteiger charge is -2.25. The Morgan fingerprint density at radius 3 is 2.65 bits per heavy atom. The number of fused-ring (bicyclic) bond motifs is 1. The number of carbonyl (C=O) groups excluding carboxylic acids is 1. The van der Waals surface area contributed by atoms with Crippen molar-refractivity contribution in [1.29, 1.82) is 0 Å². The quantitative estimate of drug-likeness (QED) is 0.395. The zero-order valence-electron chi connectivity index (χ0n) is 21.4. The van der Waals surface area contributed by atoms with Crippen LogP contribution in [0, 0.1) is 6.92 Å². The van der Waals surface area contributed by atoms with E-state index in [1.807, 2.05) is 62.4 Å². The predicted molar refractivity (Wildman–Crippen MR) is 142 cm³/mol. The second kappa shape index (κ2) is 11.9. The second-order valence-electron chi connectivity index (χ2n) is 9.70. The predicted octanol–water partition coefficient (Wildman–Crippen LogP) is 4.75. The Morgan fingerprint density at radius 2 is 1.92 bits per heavy atom. The summed E-state index contributed by atoms with van der Waals surface area (Å²) in [4.78, 5) is 39.0. The smallest absolute Gasteiger partial charge is 0.305 e. The molecular formula is C30H34N2O5. The fourth-order valence-electron chi connectivity index (χ4n) is 4.90. The third-order valence-corrected chi connectivity index (χ3v) is 6.77. The number of aromatic nitrogens is 1. The highest BCUT2D eigenvalue weighted by Crippen LogP contribution is 2.30. The van der Waals surface area contributed by atoms with Crippen LogP contribution in [0.5, 0.6) is 5.75 Å². The first-order valence-electron chi connectivity index (χ1n) is 12.9. The number of carboxylic acids is 1. The molecule has 2 atom stereocenters. The van der Waals surface area contributed by atoms with Gasteiger partial charge < -0.3 is 19.7 Å². The van der Waals surface area contributed by atoms with Crippen LogP contribution in [0.15, 0.2) is 65.6 Å². The lowest BCUT2D eigenvalue weighted by Crippen LogP contribution is -2.40. The number of aliphatic carboxylic acids is 1. The van der Waals surface area contributed by atoms with E-state index in [9.17, 15) is 19.5 Å². The topological polar surface area (TPSA) is 97.6 Å². The number of carbonyl (C=O) groups is 2. The van der Waals surface area contributed by atoms with Crippen molar-refractivity contribution in [3.8, 4) is 5.75 Å². The molecule has 7 heteroatoms. The van der Waals surface area contributed by atoms with Gasteiger partial charge >= 0.3 is 5.97 Å². The third-order valence-electron chi connectivity index (χ3n) is 6.77. The molecule has 2 unspecified atom stereocenters. The third kappa shape index (κ3) is 6.47. The van der Waals surface area contributed by atoms with Crippen LogP contribution in [0.25, 0.3) is 0 Å². The van der Waals surface area contributed by atoms with Gasteiger partial charge in [-0.2, -0.15) is 0 Å².